The number of aromatic nitrogens is 1. The molecule has 12 nitrogen and oxygen atoms in total. The van der Waals surface area contributed by atoms with Gasteiger partial charge in [-0.1, -0.05) is 18.2 Å². The summed E-state index contributed by atoms with van der Waals surface area (Å²) in [6.45, 7) is 0. The van der Waals surface area contributed by atoms with Gasteiger partial charge in [-0.2, -0.15) is 8.42 Å². The van der Waals surface area contributed by atoms with Crippen molar-refractivity contribution >= 4 is 45.7 Å². The molecule has 1 aromatic heterocycles. The van der Waals surface area contributed by atoms with E-state index in [0.29, 0.717) is 0 Å². The van der Waals surface area contributed by atoms with Gasteiger partial charge in [0.1, 0.15) is 17.7 Å². The van der Waals surface area contributed by atoms with Crippen LogP contribution in [0.4, 0.5) is 11.5 Å². The number of rotatable bonds is 7. The van der Waals surface area contributed by atoms with E-state index in [0.717, 1.165) is 17.2 Å². The van der Waals surface area contributed by atoms with Crippen LogP contribution in [0, 0.1) is 0 Å². The third kappa shape index (κ3) is 3.60. The molecule has 1 atom stereocenters. The van der Waals surface area contributed by atoms with Crippen LogP contribution < -0.4 is 15.8 Å². The lowest BCUT2D eigenvalue weighted by atomic mass is 10.00. The molecule has 4 N–H and O–H groups in total. The maximum atomic E-state index is 12.0. The largest absolute Gasteiger partial charge is 0.478 e. The van der Waals surface area contributed by atoms with Crippen molar-refractivity contribution in [3.8, 4) is 0 Å². The molecule has 1 unspecified atom stereocenters. The fraction of sp³-hybridized carbons (Fsp3) is 0.235. The molecule has 1 fully saturated rings. The summed E-state index contributed by atoms with van der Waals surface area (Å²) in [5, 5.41) is 9.35. The quantitative estimate of drug-likeness (QED) is 0.195. The Balaban J connectivity index is 1.98. The van der Waals surface area contributed by atoms with Crippen LogP contribution in [0.2, 0.25) is 0 Å². The van der Waals surface area contributed by atoms with Gasteiger partial charge in [0.05, 0.1) is 5.69 Å². The van der Waals surface area contributed by atoms with E-state index in [1.54, 1.807) is 0 Å². The number of hydrazine groups is 1. The van der Waals surface area contributed by atoms with Crippen LogP contribution in [0.25, 0.3) is 0 Å². The highest BCUT2D eigenvalue weighted by Gasteiger charge is 2.47. The number of allylic oxidation sites excluding steroid dienone is 2. The second-order valence-corrected chi connectivity index (χ2v) is 8.09. The van der Waals surface area contributed by atoms with Crippen molar-refractivity contribution in [2.75, 3.05) is 10.3 Å². The van der Waals surface area contributed by atoms with Gasteiger partial charge in [0.25, 0.3) is 10.1 Å². The fourth-order valence-electron chi connectivity index (χ4n) is 3.11. The summed E-state index contributed by atoms with van der Waals surface area (Å²) in [6.07, 6.45) is 4.75. The summed E-state index contributed by atoms with van der Waals surface area (Å²) in [6, 6.07) is 1.07. The zero-order chi connectivity index (χ0) is 22.1. The molecule has 0 bridgehead atoms. The Morgan fingerprint density at radius 1 is 1.27 bits per heavy atom. The lowest BCUT2D eigenvalue weighted by Crippen LogP contribution is -2.56. The highest BCUT2D eigenvalue weighted by atomic mass is 32.2. The zero-order valence-electron chi connectivity index (χ0n) is 15.2. The van der Waals surface area contributed by atoms with E-state index >= 15 is 0 Å². The molecule has 2 amide bonds. The van der Waals surface area contributed by atoms with Crippen LogP contribution >= 0.6 is 0 Å². The second-order valence-electron chi connectivity index (χ2n) is 6.44. The molecule has 3 rings (SSSR count). The molecule has 13 heteroatoms. The first-order valence-electron chi connectivity index (χ1n) is 8.52. The van der Waals surface area contributed by atoms with Gasteiger partial charge in [-0.3, -0.25) is 18.9 Å². The molecule has 30 heavy (non-hydrogen) atoms. The van der Waals surface area contributed by atoms with Crippen LogP contribution in [0.3, 0.4) is 0 Å². The first-order valence-corrected chi connectivity index (χ1v) is 9.96. The number of anilines is 2. The van der Waals surface area contributed by atoms with Gasteiger partial charge in [-0.15, -0.1) is 0 Å². The second kappa shape index (κ2) is 7.78. The van der Waals surface area contributed by atoms with Crippen molar-refractivity contribution in [3.05, 3.63) is 41.6 Å². The van der Waals surface area contributed by atoms with Crippen LogP contribution in [0.5, 0.6) is 0 Å². The average Bonchev–Trinajstić information content (AvgIpc) is 3.03. The van der Waals surface area contributed by atoms with Crippen molar-refractivity contribution in [1.82, 2.24) is 10.4 Å². The molecule has 1 aromatic rings. The van der Waals surface area contributed by atoms with Gasteiger partial charge in [0.2, 0.25) is 11.8 Å². The summed E-state index contributed by atoms with van der Waals surface area (Å²) in [5.74, 6) is -2.77. The van der Waals surface area contributed by atoms with Gasteiger partial charge in [-0.25, -0.2) is 20.1 Å². The highest BCUT2D eigenvalue weighted by molar-refractivity contribution is 7.87. The van der Waals surface area contributed by atoms with Gasteiger partial charge in [0.15, 0.2) is 4.87 Å². The maximum absolute atomic E-state index is 12.0. The lowest BCUT2D eigenvalue weighted by Gasteiger charge is -2.32. The number of carboxylic acids is 1. The smallest absolute Gasteiger partial charge is 0.339 e. The number of amides is 2. The number of aromatic carboxylic acids is 1. The molecular formula is C17H16N4O8S. The summed E-state index contributed by atoms with van der Waals surface area (Å²) in [4.78, 5) is 49.2. The van der Waals surface area contributed by atoms with Crippen molar-refractivity contribution in [2.45, 2.75) is 24.1 Å². The standard InChI is InChI=1S/C17H16N4O8S/c22-9-10-3-1-2-6-17(10,30(27,28)29)20-19-13-7-12(11(8-18-13)16(25)26)21-14(23)4-5-15(21)24/h1-3,7-9,20H,4-6H2,(H,18,19)(H,25,26)(H,27,28,29). The Morgan fingerprint density at radius 2 is 1.93 bits per heavy atom. The van der Waals surface area contributed by atoms with Crippen LogP contribution in [-0.2, 0) is 24.5 Å². The Bertz CT molecular complexity index is 1090. The van der Waals surface area contributed by atoms with E-state index in [2.05, 4.69) is 15.8 Å². The number of carbonyl (C=O) groups excluding carboxylic acids is 3. The fourth-order valence-corrected chi connectivity index (χ4v) is 4.01. The minimum atomic E-state index is -4.85. The summed E-state index contributed by atoms with van der Waals surface area (Å²) < 4.78 is 33.8. The van der Waals surface area contributed by atoms with Crippen LogP contribution in [0.15, 0.2) is 36.1 Å². The first-order chi connectivity index (χ1) is 14.1. The van der Waals surface area contributed by atoms with E-state index < -0.39 is 38.3 Å². The number of carboxylic acid groups (broad SMARTS) is 1. The van der Waals surface area contributed by atoms with E-state index in [1.165, 1.54) is 18.2 Å². The number of nitrogens with one attached hydrogen (secondary N) is 2. The molecule has 1 saturated heterocycles. The Morgan fingerprint density at radius 3 is 2.50 bits per heavy atom. The Hall–Kier alpha value is -3.42. The topological polar surface area (TPSA) is 183 Å². The molecule has 0 spiro atoms. The van der Waals surface area contributed by atoms with E-state index in [9.17, 15) is 37.3 Å². The monoisotopic (exact) mass is 436 g/mol. The van der Waals surface area contributed by atoms with E-state index in [-0.39, 0.29) is 42.6 Å². The van der Waals surface area contributed by atoms with Crippen molar-refractivity contribution in [3.63, 3.8) is 0 Å². The van der Waals surface area contributed by atoms with Crippen molar-refractivity contribution in [2.24, 2.45) is 0 Å². The number of pyridine rings is 1. The summed E-state index contributed by atoms with van der Waals surface area (Å²) >= 11 is 0. The zero-order valence-corrected chi connectivity index (χ0v) is 16.0. The predicted octanol–water partition coefficient (Wildman–Crippen LogP) is 0.0190. The lowest BCUT2D eigenvalue weighted by molar-refractivity contribution is -0.121. The first kappa shape index (κ1) is 21.3. The molecule has 2 heterocycles. The normalized spacial score (nSPS) is 21.5. The highest BCUT2D eigenvalue weighted by Crippen LogP contribution is 2.31. The third-order valence-corrected chi connectivity index (χ3v) is 6.03. The number of nitrogens with zero attached hydrogens (tertiary/aromatic N) is 2. The molecular weight excluding hydrogens is 420 g/mol. The Labute approximate surface area is 170 Å². The molecule has 0 saturated carbocycles. The Kier molecular flexibility index (Phi) is 5.52. The van der Waals surface area contributed by atoms with E-state index in [4.69, 9.17) is 0 Å². The average molecular weight is 436 g/mol. The predicted molar refractivity (Wildman–Crippen MR) is 102 cm³/mol. The molecule has 1 aliphatic carbocycles. The van der Waals surface area contributed by atoms with Gasteiger partial charge >= 0.3 is 5.97 Å². The minimum Gasteiger partial charge on any atom is -0.478 e. The van der Waals surface area contributed by atoms with Gasteiger partial charge < -0.3 is 10.5 Å². The van der Waals surface area contributed by atoms with Gasteiger partial charge in [0, 0.05) is 37.1 Å². The molecule has 2 aliphatic rings. The molecule has 1 aliphatic heterocycles. The number of hydrogen-bond acceptors (Lipinski definition) is 9. The van der Waals surface area contributed by atoms with Crippen LogP contribution in [-0.4, -0.2) is 52.0 Å². The number of aldehydes is 1. The van der Waals surface area contributed by atoms with Crippen LogP contribution in [0.1, 0.15) is 29.6 Å². The molecule has 0 radical (unpaired) electrons. The van der Waals surface area contributed by atoms with Gasteiger partial charge in [-0.05, 0) is 0 Å². The maximum Gasteiger partial charge on any atom is 0.339 e. The summed E-state index contributed by atoms with van der Waals surface area (Å²) in [5.41, 5.74) is 3.81. The number of imide groups is 1. The third-order valence-electron chi connectivity index (χ3n) is 4.65. The minimum absolute atomic E-state index is 0.0765. The number of hydrogen-bond donors (Lipinski definition) is 4. The SMILES string of the molecule is O=CC1=CC=CCC1(NNc1cc(N2C(=O)CCC2=O)c(C(=O)O)cn1)S(=O)(=O)O. The summed E-state index contributed by atoms with van der Waals surface area (Å²) in [7, 11) is -4.85. The molecule has 0 aromatic carbocycles. The van der Waals surface area contributed by atoms with E-state index in [1.807, 2.05) is 0 Å². The molecule has 158 valence electrons. The van der Waals surface area contributed by atoms with Crippen molar-refractivity contribution in [1.29, 1.82) is 0 Å². The number of carbonyl (C=O) groups is 4. The van der Waals surface area contributed by atoms with Crippen molar-refractivity contribution < 1.29 is 37.3 Å².